The molecule has 0 bridgehead atoms. The Morgan fingerprint density at radius 3 is 1.90 bits per heavy atom. The molecule has 6 heteroatoms. The van der Waals surface area contributed by atoms with Gasteiger partial charge in [0.2, 0.25) is 10.0 Å². The van der Waals surface area contributed by atoms with E-state index >= 15 is 0 Å². The van der Waals surface area contributed by atoms with E-state index < -0.39 is 16.0 Å². The fourth-order valence-electron chi connectivity index (χ4n) is 2.23. The first kappa shape index (κ1) is 16.7. The van der Waals surface area contributed by atoms with Gasteiger partial charge in [0.1, 0.15) is 0 Å². The molecule has 1 aromatic carbocycles. The highest BCUT2D eigenvalue weighted by Gasteiger charge is 2.29. The zero-order valence-electron chi connectivity index (χ0n) is 12.2. The molecule has 20 heavy (non-hydrogen) atoms. The van der Waals surface area contributed by atoms with Gasteiger partial charge in [-0.05, 0) is 45.4 Å². The van der Waals surface area contributed by atoms with Crippen LogP contribution in [0.5, 0.6) is 0 Å². The number of aliphatic carboxylic acids is 1. The van der Waals surface area contributed by atoms with Gasteiger partial charge in [-0.2, -0.15) is 4.31 Å². The highest BCUT2D eigenvalue weighted by molar-refractivity contribution is 7.89. The zero-order chi connectivity index (χ0) is 15.5. The molecule has 0 radical (unpaired) electrons. The quantitative estimate of drug-likeness (QED) is 0.873. The number of nitrogens with zero attached hydrogens (tertiary/aromatic N) is 1. The summed E-state index contributed by atoms with van der Waals surface area (Å²) in [5.41, 5.74) is 0.581. The molecule has 112 valence electrons. The van der Waals surface area contributed by atoms with E-state index in [1.807, 2.05) is 27.7 Å². The van der Waals surface area contributed by atoms with Crippen LogP contribution in [0.1, 0.15) is 33.3 Å². The van der Waals surface area contributed by atoms with E-state index in [0.717, 1.165) is 0 Å². The molecule has 0 saturated heterocycles. The van der Waals surface area contributed by atoms with E-state index in [4.69, 9.17) is 5.11 Å². The molecular weight excluding hydrogens is 278 g/mol. The minimum atomic E-state index is -3.56. The highest BCUT2D eigenvalue weighted by Crippen LogP contribution is 2.21. The molecule has 0 unspecified atom stereocenters. The van der Waals surface area contributed by atoms with Crippen LogP contribution in [-0.2, 0) is 21.2 Å². The Labute approximate surface area is 120 Å². The number of benzene rings is 1. The zero-order valence-corrected chi connectivity index (χ0v) is 13.0. The van der Waals surface area contributed by atoms with Crippen molar-refractivity contribution in [3.63, 3.8) is 0 Å². The fraction of sp³-hybridized carbons (Fsp3) is 0.500. The lowest BCUT2D eigenvalue weighted by Crippen LogP contribution is -2.41. The molecule has 5 nitrogen and oxygen atoms in total. The van der Waals surface area contributed by atoms with Crippen molar-refractivity contribution in [1.29, 1.82) is 0 Å². The predicted octanol–water partition coefficient (Wildman–Crippen LogP) is 2.12. The van der Waals surface area contributed by atoms with Crippen molar-refractivity contribution in [3.8, 4) is 0 Å². The average Bonchev–Trinajstić information content (AvgIpc) is 2.26. The van der Waals surface area contributed by atoms with E-state index in [1.165, 1.54) is 16.4 Å². The number of carboxylic acid groups (broad SMARTS) is 1. The maximum Gasteiger partial charge on any atom is 0.307 e. The lowest BCUT2D eigenvalue weighted by molar-refractivity contribution is -0.136. The summed E-state index contributed by atoms with van der Waals surface area (Å²) in [7, 11) is -3.56. The molecule has 0 aliphatic carbocycles. The Balaban J connectivity index is 3.12. The minimum absolute atomic E-state index is 0.113. The van der Waals surface area contributed by atoms with Crippen LogP contribution in [0.4, 0.5) is 0 Å². The molecule has 1 rings (SSSR count). The van der Waals surface area contributed by atoms with Crippen molar-refractivity contribution in [3.05, 3.63) is 29.8 Å². The molecule has 0 heterocycles. The van der Waals surface area contributed by atoms with E-state index in [0.29, 0.717) is 5.56 Å². The molecule has 0 saturated carbocycles. The van der Waals surface area contributed by atoms with Gasteiger partial charge in [-0.3, -0.25) is 4.79 Å². The Morgan fingerprint density at radius 2 is 1.55 bits per heavy atom. The lowest BCUT2D eigenvalue weighted by atomic mass is 10.2. The third-order valence-corrected chi connectivity index (χ3v) is 5.14. The summed E-state index contributed by atoms with van der Waals surface area (Å²) in [6.07, 6.45) is -0.113. The predicted molar refractivity (Wildman–Crippen MR) is 77.1 cm³/mol. The maximum atomic E-state index is 12.6. The van der Waals surface area contributed by atoms with Crippen LogP contribution in [0.15, 0.2) is 29.2 Å². The van der Waals surface area contributed by atoms with Gasteiger partial charge in [0.15, 0.2) is 0 Å². The van der Waals surface area contributed by atoms with Gasteiger partial charge in [0, 0.05) is 12.1 Å². The normalized spacial score (nSPS) is 12.3. The molecule has 0 fully saturated rings. The monoisotopic (exact) mass is 299 g/mol. The van der Waals surface area contributed by atoms with Crippen LogP contribution in [0.2, 0.25) is 0 Å². The van der Waals surface area contributed by atoms with Crippen LogP contribution in [-0.4, -0.2) is 35.9 Å². The molecule has 0 aromatic heterocycles. The van der Waals surface area contributed by atoms with Crippen molar-refractivity contribution in [2.75, 3.05) is 0 Å². The molecule has 1 aromatic rings. The Bertz CT molecular complexity index is 553. The second kappa shape index (κ2) is 6.37. The second-order valence-corrected chi connectivity index (χ2v) is 7.08. The number of rotatable bonds is 6. The number of hydrogen-bond acceptors (Lipinski definition) is 3. The van der Waals surface area contributed by atoms with Gasteiger partial charge in [-0.1, -0.05) is 12.1 Å². The van der Waals surface area contributed by atoms with Crippen molar-refractivity contribution in [1.82, 2.24) is 4.31 Å². The van der Waals surface area contributed by atoms with E-state index in [-0.39, 0.29) is 23.4 Å². The smallest absolute Gasteiger partial charge is 0.307 e. The van der Waals surface area contributed by atoms with Gasteiger partial charge in [0.05, 0.1) is 11.3 Å². The number of carboxylic acids is 1. The molecule has 0 spiro atoms. The standard InChI is InChI=1S/C14H21NO4S/c1-10(2)15(11(3)4)20(18,19)13-7-5-12(6-8-13)9-14(16)17/h5-8,10-11H,9H2,1-4H3,(H,16,17). The van der Waals surface area contributed by atoms with Gasteiger partial charge in [-0.15, -0.1) is 0 Å². The summed E-state index contributed by atoms with van der Waals surface area (Å²) < 4.78 is 26.6. The molecule has 1 N–H and O–H groups in total. The first-order chi connectivity index (χ1) is 9.16. The Hall–Kier alpha value is -1.40. The topological polar surface area (TPSA) is 74.7 Å². The van der Waals surface area contributed by atoms with Crippen molar-refractivity contribution in [2.45, 2.75) is 51.1 Å². The van der Waals surface area contributed by atoms with Crippen molar-refractivity contribution < 1.29 is 18.3 Å². The molecular formula is C14H21NO4S. The fourth-order valence-corrected chi connectivity index (χ4v) is 4.06. The van der Waals surface area contributed by atoms with Crippen LogP contribution in [0.25, 0.3) is 0 Å². The van der Waals surface area contributed by atoms with Crippen LogP contribution >= 0.6 is 0 Å². The van der Waals surface area contributed by atoms with E-state index in [1.54, 1.807) is 12.1 Å². The van der Waals surface area contributed by atoms with Crippen LogP contribution < -0.4 is 0 Å². The van der Waals surface area contributed by atoms with Gasteiger partial charge in [-0.25, -0.2) is 8.42 Å². The third kappa shape index (κ3) is 3.80. The SMILES string of the molecule is CC(C)N(C(C)C)S(=O)(=O)c1ccc(CC(=O)O)cc1. The maximum absolute atomic E-state index is 12.6. The summed E-state index contributed by atoms with van der Waals surface area (Å²) in [5.74, 6) is -0.938. The first-order valence-electron chi connectivity index (χ1n) is 6.50. The summed E-state index contributed by atoms with van der Waals surface area (Å²) in [6, 6.07) is 5.73. The first-order valence-corrected chi connectivity index (χ1v) is 7.94. The molecule has 0 amide bonds. The summed E-state index contributed by atoms with van der Waals surface area (Å²) in [5, 5.41) is 8.70. The van der Waals surface area contributed by atoms with Gasteiger partial charge >= 0.3 is 5.97 Å². The Kier molecular flexibility index (Phi) is 5.30. The van der Waals surface area contributed by atoms with Crippen LogP contribution in [0.3, 0.4) is 0 Å². The van der Waals surface area contributed by atoms with Crippen molar-refractivity contribution in [2.24, 2.45) is 0 Å². The molecule has 0 aliphatic rings. The van der Waals surface area contributed by atoms with Gasteiger partial charge in [0.25, 0.3) is 0 Å². The van der Waals surface area contributed by atoms with E-state index in [9.17, 15) is 13.2 Å². The molecule has 0 aliphatic heterocycles. The summed E-state index contributed by atoms with van der Waals surface area (Å²) in [6.45, 7) is 7.32. The highest BCUT2D eigenvalue weighted by atomic mass is 32.2. The second-order valence-electron chi connectivity index (χ2n) is 5.24. The lowest BCUT2D eigenvalue weighted by Gasteiger charge is -2.29. The largest absolute Gasteiger partial charge is 0.481 e. The van der Waals surface area contributed by atoms with Crippen LogP contribution in [0, 0.1) is 0 Å². The molecule has 0 atom stereocenters. The average molecular weight is 299 g/mol. The van der Waals surface area contributed by atoms with E-state index in [2.05, 4.69) is 0 Å². The number of carbonyl (C=O) groups is 1. The Morgan fingerprint density at radius 1 is 1.10 bits per heavy atom. The van der Waals surface area contributed by atoms with Crippen molar-refractivity contribution >= 4 is 16.0 Å². The number of sulfonamides is 1. The number of hydrogen-bond donors (Lipinski definition) is 1. The minimum Gasteiger partial charge on any atom is -0.481 e. The summed E-state index contributed by atoms with van der Waals surface area (Å²) >= 11 is 0. The third-order valence-electron chi connectivity index (χ3n) is 2.87. The summed E-state index contributed by atoms with van der Waals surface area (Å²) in [4.78, 5) is 10.8. The van der Waals surface area contributed by atoms with Gasteiger partial charge < -0.3 is 5.11 Å².